The number of rotatable bonds is 3. The van der Waals surface area contributed by atoms with Gasteiger partial charge in [-0.2, -0.15) is 0 Å². The molecule has 0 aliphatic carbocycles. The Morgan fingerprint density at radius 1 is 1.19 bits per heavy atom. The third-order valence-electron chi connectivity index (χ3n) is 4.89. The summed E-state index contributed by atoms with van der Waals surface area (Å²) in [6, 6.07) is 10.7. The van der Waals surface area contributed by atoms with Gasteiger partial charge in [0.05, 0.1) is 16.9 Å². The number of hydrogen-bond acceptors (Lipinski definition) is 5. The quantitative estimate of drug-likeness (QED) is 0.619. The predicted molar refractivity (Wildman–Crippen MR) is 109 cm³/mol. The first-order valence-corrected chi connectivity index (χ1v) is 9.65. The summed E-state index contributed by atoms with van der Waals surface area (Å²) in [7, 11) is 0. The fourth-order valence-electron chi connectivity index (χ4n) is 3.44. The minimum Gasteiger partial charge on any atom is -0.506 e. The molecule has 3 heterocycles. The largest absolute Gasteiger partial charge is 0.506 e. The summed E-state index contributed by atoms with van der Waals surface area (Å²) in [4.78, 5) is 23.7. The van der Waals surface area contributed by atoms with Crippen LogP contribution in [-0.4, -0.2) is 34.1 Å². The second kappa shape index (κ2) is 7.52. The Morgan fingerprint density at radius 2 is 1.96 bits per heavy atom. The lowest BCUT2D eigenvalue weighted by Crippen LogP contribution is -2.38. The lowest BCUT2D eigenvalue weighted by atomic mass is 9.95. The van der Waals surface area contributed by atoms with Crippen LogP contribution < -0.4 is 10.2 Å². The molecule has 2 N–H and O–H groups in total. The molecule has 0 spiro atoms. The van der Waals surface area contributed by atoms with E-state index >= 15 is 0 Å². The maximum atomic E-state index is 12.5. The second-order valence-electron chi connectivity index (χ2n) is 6.62. The van der Waals surface area contributed by atoms with Crippen molar-refractivity contribution in [1.29, 1.82) is 0 Å². The van der Waals surface area contributed by atoms with Crippen molar-refractivity contribution in [1.82, 2.24) is 9.97 Å². The van der Waals surface area contributed by atoms with E-state index in [-0.39, 0.29) is 17.6 Å². The highest BCUT2D eigenvalue weighted by molar-refractivity contribution is 9.10. The lowest BCUT2D eigenvalue weighted by molar-refractivity contribution is -0.120. The van der Waals surface area contributed by atoms with E-state index < -0.39 is 0 Å². The van der Waals surface area contributed by atoms with Crippen molar-refractivity contribution in [2.24, 2.45) is 5.92 Å². The second-order valence-corrected chi connectivity index (χ2v) is 7.53. The Kier molecular flexibility index (Phi) is 4.94. The summed E-state index contributed by atoms with van der Waals surface area (Å²) >= 11 is 3.43. The van der Waals surface area contributed by atoms with Crippen LogP contribution in [0.25, 0.3) is 11.0 Å². The fourth-order valence-corrected chi connectivity index (χ4v) is 3.76. The molecule has 7 heteroatoms. The monoisotopic (exact) mass is 426 g/mol. The SMILES string of the molecule is O=C(Nc1ccccc1O)C1CCN(c2ccnc3cc(Br)cnc23)CC1. The highest BCUT2D eigenvalue weighted by Crippen LogP contribution is 2.30. The zero-order valence-electron chi connectivity index (χ0n) is 14.6. The van der Waals surface area contributed by atoms with E-state index in [2.05, 4.69) is 36.1 Å². The highest BCUT2D eigenvalue weighted by atomic mass is 79.9. The molecule has 1 aromatic carbocycles. The number of para-hydroxylation sites is 2. The molecule has 2 aromatic heterocycles. The normalized spacial score (nSPS) is 15.1. The Bertz CT molecular complexity index is 987. The van der Waals surface area contributed by atoms with Crippen LogP contribution in [0.5, 0.6) is 5.75 Å². The number of benzene rings is 1. The number of carbonyl (C=O) groups is 1. The number of halogens is 1. The van der Waals surface area contributed by atoms with E-state index in [9.17, 15) is 9.90 Å². The average Bonchev–Trinajstić information content (AvgIpc) is 2.69. The molecule has 6 nitrogen and oxygen atoms in total. The van der Waals surface area contributed by atoms with Crippen LogP contribution >= 0.6 is 15.9 Å². The van der Waals surface area contributed by atoms with Crippen LogP contribution in [0.3, 0.4) is 0 Å². The summed E-state index contributed by atoms with van der Waals surface area (Å²) in [6.07, 6.45) is 5.07. The summed E-state index contributed by atoms with van der Waals surface area (Å²) in [5.74, 6) is -0.0300. The number of anilines is 2. The number of carbonyl (C=O) groups excluding carboxylic acids is 1. The third-order valence-corrected chi connectivity index (χ3v) is 5.32. The van der Waals surface area contributed by atoms with Gasteiger partial charge in [0.15, 0.2) is 0 Å². The molecular formula is C20H19BrN4O2. The van der Waals surface area contributed by atoms with Gasteiger partial charge >= 0.3 is 0 Å². The third kappa shape index (κ3) is 3.73. The van der Waals surface area contributed by atoms with Crippen molar-refractivity contribution >= 4 is 44.2 Å². The molecule has 0 radical (unpaired) electrons. The van der Waals surface area contributed by atoms with Crippen LogP contribution in [0.15, 0.2) is 53.3 Å². The number of phenols is 1. The minimum atomic E-state index is -0.0731. The molecule has 1 aliphatic heterocycles. The van der Waals surface area contributed by atoms with Crippen LogP contribution in [0.1, 0.15) is 12.8 Å². The molecule has 1 aliphatic rings. The standard InChI is InChI=1S/C20H19BrN4O2/c21-14-11-16-19(23-12-14)17(5-8-22-16)25-9-6-13(7-10-25)20(27)24-15-3-1-2-4-18(15)26/h1-5,8,11-13,26H,6-7,9-10H2,(H,24,27). The first-order valence-electron chi connectivity index (χ1n) is 8.86. The first-order chi connectivity index (χ1) is 13.1. The smallest absolute Gasteiger partial charge is 0.227 e. The number of aromatic hydroxyl groups is 1. The van der Waals surface area contributed by atoms with Crippen molar-refractivity contribution in [2.45, 2.75) is 12.8 Å². The Labute approximate surface area is 165 Å². The van der Waals surface area contributed by atoms with Crippen LogP contribution in [0.2, 0.25) is 0 Å². The number of fused-ring (bicyclic) bond motifs is 1. The van der Waals surface area contributed by atoms with Crippen LogP contribution in [-0.2, 0) is 4.79 Å². The number of hydrogen-bond donors (Lipinski definition) is 2. The topological polar surface area (TPSA) is 78.4 Å². The van der Waals surface area contributed by atoms with Crippen molar-refractivity contribution in [3.05, 3.63) is 53.3 Å². The van der Waals surface area contributed by atoms with Gasteiger partial charge in [-0.3, -0.25) is 14.8 Å². The fraction of sp³-hybridized carbons (Fsp3) is 0.250. The van der Waals surface area contributed by atoms with E-state index in [1.807, 2.05) is 12.1 Å². The molecule has 27 heavy (non-hydrogen) atoms. The number of aromatic nitrogens is 2. The molecule has 1 fully saturated rings. The number of amides is 1. The summed E-state index contributed by atoms with van der Waals surface area (Å²) in [5.41, 5.74) is 3.23. The van der Waals surface area contributed by atoms with Crippen molar-refractivity contribution in [3.63, 3.8) is 0 Å². The van der Waals surface area contributed by atoms with E-state index in [0.29, 0.717) is 5.69 Å². The number of piperidine rings is 1. The van der Waals surface area contributed by atoms with Gasteiger partial charge in [-0.05, 0) is 53.0 Å². The molecule has 1 saturated heterocycles. The van der Waals surface area contributed by atoms with Gasteiger partial charge < -0.3 is 15.3 Å². The molecule has 4 rings (SSSR count). The van der Waals surface area contributed by atoms with Gasteiger partial charge in [-0.15, -0.1) is 0 Å². The van der Waals surface area contributed by atoms with E-state index in [0.717, 1.165) is 47.1 Å². The van der Waals surface area contributed by atoms with Gasteiger partial charge in [-0.1, -0.05) is 12.1 Å². The highest BCUT2D eigenvalue weighted by Gasteiger charge is 2.26. The van der Waals surface area contributed by atoms with Crippen molar-refractivity contribution in [2.75, 3.05) is 23.3 Å². The first kappa shape index (κ1) is 17.7. The van der Waals surface area contributed by atoms with Crippen molar-refractivity contribution < 1.29 is 9.90 Å². The average molecular weight is 427 g/mol. The van der Waals surface area contributed by atoms with Crippen LogP contribution in [0, 0.1) is 5.92 Å². The maximum absolute atomic E-state index is 12.5. The predicted octanol–water partition coefficient (Wildman–Crippen LogP) is 3.95. The van der Waals surface area contributed by atoms with Gasteiger partial charge in [-0.25, -0.2) is 0 Å². The minimum absolute atomic E-state index is 0.0437. The molecule has 138 valence electrons. The van der Waals surface area contributed by atoms with E-state index in [1.54, 1.807) is 36.7 Å². The van der Waals surface area contributed by atoms with Gasteiger partial charge in [0.25, 0.3) is 0 Å². The number of nitrogens with one attached hydrogen (secondary N) is 1. The lowest BCUT2D eigenvalue weighted by Gasteiger charge is -2.33. The Morgan fingerprint density at radius 3 is 2.74 bits per heavy atom. The number of nitrogens with zero attached hydrogens (tertiary/aromatic N) is 3. The van der Waals surface area contributed by atoms with Gasteiger partial charge in [0, 0.05) is 35.9 Å². The Balaban J connectivity index is 1.45. The zero-order chi connectivity index (χ0) is 18.8. The van der Waals surface area contributed by atoms with Crippen LogP contribution in [0.4, 0.5) is 11.4 Å². The number of phenolic OH excluding ortho intramolecular Hbond substituents is 1. The molecule has 0 bridgehead atoms. The maximum Gasteiger partial charge on any atom is 0.227 e. The molecule has 1 amide bonds. The van der Waals surface area contributed by atoms with Gasteiger partial charge in [0.2, 0.25) is 5.91 Å². The Hall–Kier alpha value is -2.67. The van der Waals surface area contributed by atoms with E-state index in [4.69, 9.17) is 0 Å². The molecule has 0 saturated carbocycles. The molecular weight excluding hydrogens is 408 g/mol. The van der Waals surface area contributed by atoms with Crippen molar-refractivity contribution in [3.8, 4) is 5.75 Å². The number of pyridine rings is 2. The molecule has 0 atom stereocenters. The molecule has 3 aromatic rings. The van der Waals surface area contributed by atoms with Gasteiger partial charge in [0.1, 0.15) is 11.3 Å². The summed E-state index contributed by atoms with van der Waals surface area (Å²) in [6.45, 7) is 1.55. The molecule has 0 unspecified atom stereocenters. The van der Waals surface area contributed by atoms with E-state index in [1.165, 1.54) is 0 Å². The summed E-state index contributed by atoms with van der Waals surface area (Å²) < 4.78 is 0.902. The summed E-state index contributed by atoms with van der Waals surface area (Å²) in [5, 5.41) is 12.7. The zero-order valence-corrected chi connectivity index (χ0v) is 16.2.